The van der Waals surface area contributed by atoms with Gasteiger partial charge in [0.05, 0.1) is 13.2 Å². The number of benzene rings is 1. The van der Waals surface area contributed by atoms with E-state index in [0.29, 0.717) is 6.04 Å². The summed E-state index contributed by atoms with van der Waals surface area (Å²) >= 11 is 0. The van der Waals surface area contributed by atoms with Gasteiger partial charge in [0.2, 0.25) is 0 Å². The predicted octanol–water partition coefficient (Wildman–Crippen LogP) is 1.80. The molecule has 0 bridgehead atoms. The van der Waals surface area contributed by atoms with E-state index >= 15 is 0 Å². The number of nitrogens with two attached hydrogens (primary N) is 1. The molecule has 82 valence electrons. The van der Waals surface area contributed by atoms with Gasteiger partial charge in [-0.3, -0.25) is 0 Å². The Morgan fingerprint density at radius 2 is 2.20 bits per heavy atom. The van der Waals surface area contributed by atoms with Crippen LogP contribution < -0.4 is 10.6 Å². The Morgan fingerprint density at radius 3 is 2.87 bits per heavy atom. The largest absolute Gasteiger partial charge is 0.399 e. The molecule has 2 rings (SSSR count). The minimum Gasteiger partial charge on any atom is -0.399 e. The number of nitrogen functional groups attached to an aromatic ring is 1. The third-order valence-corrected chi connectivity index (χ3v) is 2.78. The lowest BCUT2D eigenvalue weighted by Gasteiger charge is -2.35. The van der Waals surface area contributed by atoms with Crippen molar-refractivity contribution in [1.29, 1.82) is 0 Å². The van der Waals surface area contributed by atoms with E-state index in [1.54, 1.807) is 0 Å². The lowest BCUT2D eigenvalue weighted by molar-refractivity contribution is 0.0989. The van der Waals surface area contributed by atoms with E-state index in [9.17, 15) is 0 Å². The van der Waals surface area contributed by atoms with Crippen LogP contribution in [0.3, 0.4) is 0 Å². The maximum Gasteiger partial charge on any atom is 0.0668 e. The summed E-state index contributed by atoms with van der Waals surface area (Å²) in [7, 11) is 0. The van der Waals surface area contributed by atoms with Crippen molar-refractivity contribution in [2.24, 2.45) is 0 Å². The highest BCUT2D eigenvalue weighted by molar-refractivity contribution is 5.59. The summed E-state index contributed by atoms with van der Waals surface area (Å²) in [5, 5.41) is 0. The summed E-state index contributed by atoms with van der Waals surface area (Å²) < 4.78 is 5.42. The first kappa shape index (κ1) is 10.3. The van der Waals surface area contributed by atoms with Crippen molar-refractivity contribution in [3.05, 3.63) is 23.8 Å². The monoisotopic (exact) mass is 206 g/mol. The molecule has 1 saturated heterocycles. The Bertz CT molecular complexity index is 331. The first-order valence-electron chi connectivity index (χ1n) is 5.38. The summed E-state index contributed by atoms with van der Waals surface area (Å²) in [6, 6.07) is 6.64. The number of rotatable bonds is 1. The molecule has 1 aromatic rings. The van der Waals surface area contributed by atoms with Gasteiger partial charge in [0, 0.05) is 24.0 Å². The molecule has 1 heterocycles. The van der Waals surface area contributed by atoms with Crippen LogP contribution in [-0.4, -0.2) is 25.8 Å². The van der Waals surface area contributed by atoms with Gasteiger partial charge < -0.3 is 15.4 Å². The van der Waals surface area contributed by atoms with Crippen LogP contribution in [-0.2, 0) is 4.74 Å². The Hall–Kier alpha value is -1.22. The standard InChI is InChI=1S/C12H18N2O/c1-9-5-11(13)7-12(6-9)14-3-4-15-8-10(14)2/h5-7,10H,3-4,8,13H2,1-2H3. The van der Waals surface area contributed by atoms with Crippen molar-refractivity contribution in [3.63, 3.8) is 0 Å². The van der Waals surface area contributed by atoms with E-state index in [1.807, 2.05) is 12.1 Å². The smallest absolute Gasteiger partial charge is 0.0668 e. The third-order valence-electron chi connectivity index (χ3n) is 2.78. The molecule has 0 radical (unpaired) electrons. The van der Waals surface area contributed by atoms with Gasteiger partial charge in [0.25, 0.3) is 0 Å². The van der Waals surface area contributed by atoms with E-state index in [1.165, 1.54) is 11.3 Å². The molecule has 0 amide bonds. The molecule has 1 aliphatic rings. The minimum atomic E-state index is 0.431. The summed E-state index contributed by atoms with van der Waals surface area (Å²) in [6.45, 7) is 6.80. The molecule has 3 heteroatoms. The summed E-state index contributed by atoms with van der Waals surface area (Å²) in [5.74, 6) is 0. The van der Waals surface area contributed by atoms with Gasteiger partial charge in [-0.1, -0.05) is 0 Å². The van der Waals surface area contributed by atoms with Gasteiger partial charge in [-0.2, -0.15) is 0 Å². The second kappa shape index (κ2) is 4.11. The predicted molar refractivity (Wildman–Crippen MR) is 63.2 cm³/mol. The van der Waals surface area contributed by atoms with Crippen molar-refractivity contribution in [2.45, 2.75) is 19.9 Å². The van der Waals surface area contributed by atoms with Crippen LogP contribution in [0.2, 0.25) is 0 Å². The number of aryl methyl sites for hydroxylation is 1. The van der Waals surface area contributed by atoms with Crippen LogP contribution in [0.25, 0.3) is 0 Å². The maximum absolute atomic E-state index is 5.85. The van der Waals surface area contributed by atoms with Crippen molar-refractivity contribution in [2.75, 3.05) is 30.4 Å². The Morgan fingerprint density at radius 1 is 1.40 bits per heavy atom. The molecule has 3 nitrogen and oxygen atoms in total. The van der Waals surface area contributed by atoms with E-state index in [2.05, 4.69) is 24.8 Å². The van der Waals surface area contributed by atoms with Crippen molar-refractivity contribution < 1.29 is 4.74 Å². The number of morpholine rings is 1. The van der Waals surface area contributed by atoms with E-state index < -0.39 is 0 Å². The van der Waals surface area contributed by atoms with Crippen LogP contribution in [0.4, 0.5) is 11.4 Å². The zero-order valence-corrected chi connectivity index (χ0v) is 9.36. The molecule has 15 heavy (non-hydrogen) atoms. The van der Waals surface area contributed by atoms with Gasteiger partial charge in [0.1, 0.15) is 0 Å². The Labute approximate surface area is 90.8 Å². The summed E-state index contributed by atoms with van der Waals surface area (Å²) in [6.07, 6.45) is 0. The molecule has 0 aromatic heterocycles. The van der Waals surface area contributed by atoms with Gasteiger partial charge in [-0.15, -0.1) is 0 Å². The summed E-state index contributed by atoms with van der Waals surface area (Å²) in [4.78, 5) is 2.35. The number of ether oxygens (including phenoxy) is 1. The fourth-order valence-corrected chi connectivity index (χ4v) is 2.07. The molecule has 1 unspecified atom stereocenters. The molecular formula is C12H18N2O. The second-order valence-electron chi connectivity index (χ2n) is 4.22. The van der Waals surface area contributed by atoms with Gasteiger partial charge in [-0.25, -0.2) is 0 Å². The fourth-order valence-electron chi connectivity index (χ4n) is 2.07. The average Bonchev–Trinajstić information content (AvgIpc) is 2.16. The lowest BCUT2D eigenvalue weighted by atomic mass is 10.1. The zero-order valence-electron chi connectivity index (χ0n) is 9.36. The molecule has 1 atom stereocenters. The van der Waals surface area contributed by atoms with E-state index in [4.69, 9.17) is 10.5 Å². The number of hydrogen-bond acceptors (Lipinski definition) is 3. The minimum absolute atomic E-state index is 0.431. The number of nitrogens with zero attached hydrogens (tertiary/aromatic N) is 1. The van der Waals surface area contributed by atoms with Gasteiger partial charge in [0.15, 0.2) is 0 Å². The highest BCUT2D eigenvalue weighted by Crippen LogP contribution is 2.23. The van der Waals surface area contributed by atoms with Crippen molar-refractivity contribution in [1.82, 2.24) is 0 Å². The van der Waals surface area contributed by atoms with Gasteiger partial charge in [-0.05, 0) is 37.6 Å². The molecule has 0 spiro atoms. The zero-order chi connectivity index (χ0) is 10.8. The lowest BCUT2D eigenvalue weighted by Crippen LogP contribution is -2.43. The van der Waals surface area contributed by atoms with Crippen LogP contribution in [0.15, 0.2) is 18.2 Å². The highest BCUT2D eigenvalue weighted by atomic mass is 16.5. The third kappa shape index (κ3) is 2.23. The topological polar surface area (TPSA) is 38.5 Å². The quantitative estimate of drug-likeness (QED) is 0.712. The first-order valence-corrected chi connectivity index (χ1v) is 5.38. The fraction of sp³-hybridized carbons (Fsp3) is 0.500. The molecule has 0 saturated carbocycles. The highest BCUT2D eigenvalue weighted by Gasteiger charge is 2.19. The van der Waals surface area contributed by atoms with Crippen LogP contribution >= 0.6 is 0 Å². The SMILES string of the molecule is Cc1cc(N)cc(N2CCOCC2C)c1. The van der Waals surface area contributed by atoms with Crippen LogP contribution in [0.1, 0.15) is 12.5 Å². The first-order chi connectivity index (χ1) is 7.16. The van der Waals surface area contributed by atoms with Crippen LogP contribution in [0, 0.1) is 6.92 Å². The van der Waals surface area contributed by atoms with Crippen molar-refractivity contribution >= 4 is 11.4 Å². The van der Waals surface area contributed by atoms with Gasteiger partial charge >= 0.3 is 0 Å². The maximum atomic E-state index is 5.85. The van der Waals surface area contributed by atoms with E-state index in [0.717, 1.165) is 25.4 Å². The molecular weight excluding hydrogens is 188 g/mol. The Kier molecular flexibility index (Phi) is 2.82. The molecule has 1 aliphatic heterocycles. The number of anilines is 2. The normalized spacial score (nSPS) is 21.7. The molecule has 0 aliphatic carbocycles. The van der Waals surface area contributed by atoms with E-state index in [-0.39, 0.29) is 0 Å². The second-order valence-corrected chi connectivity index (χ2v) is 4.22. The molecule has 1 fully saturated rings. The number of hydrogen-bond donors (Lipinski definition) is 1. The molecule has 1 aromatic carbocycles. The summed E-state index contributed by atoms with van der Waals surface area (Å²) in [5.41, 5.74) is 9.11. The Balaban J connectivity index is 2.27. The average molecular weight is 206 g/mol. The van der Waals surface area contributed by atoms with Crippen LogP contribution in [0.5, 0.6) is 0 Å². The molecule has 2 N–H and O–H groups in total. The van der Waals surface area contributed by atoms with Crippen molar-refractivity contribution in [3.8, 4) is 0 Å².